The average molecular weight is 549 g/mol. The molecule has 40 heavy (non-hydrogen) atoms. The van der Waals surface area contributed by atoms with Crippen molar-refractivity contribution in [1.82, 2.24) is 24.3 Å². The van der Waals surface area contributed by atoms with Crippen molar-refractivity contribution in [2.45, 2.75) is 44.2 Å². The van der Waals surface area contributed by atoms with Gasteiger partial charge in [0.05, 0.1) is 11.2 Å². The highest BCUT2D eigenvalue weighted by atomic mass is 16.2. The minimum Gasteiger partial charge on any atom is -0.338 e. The molecule has 11 nitrogen and oxygen atoms in total. The minimum atomic E-state index is -0.722. The molecule has 1 unspecified atom stereocenters. The van der Waals surface area contributed by atoms with E-state index in [0.29, 0.717) is 32.2 Å². The Labute approximate surface area is 234 Å². The Bertz CT molecular complexity index is 1300. The number of nitrogens with zero attached hydrogens (tertiary/aromatic N) is 5. The molecule has 1 aromatic carbocycles. The Kier molecular flexibility index (Phi) is 7.14. The monoisotopic (exact) mass is 548 g/mol. The van der Waals surface area contributed by atoms with Gasteiger partial charge in [-0.3, -0.25) is 19.6 Å². The molecule has 2 saturated carbocycles. The molecule has 0 bridgehead atoms. The molecular weight excluding hydrogens is 508 g/mol. The Morgan fingerprint density at radius 2 is 1.70 bits per heavy atom. The van der Waals surface area contributed by atoms with Crippen LogP contribution in [-0.4, -0.2) is 93.6 Å². The highest BCUT2D eigenvalue weighted by Gasteiger charge is 2.55. The first-order chi connectivity index (χ1) is 19.3. The van der Waals surface area contributed by atoms with Crippen LogP contribution in [0.1, 0.15) is 31.7 Å². The van der Waals surface area contributed by atoms with E-state index in [-0.39, 0.29) is 17.8 Å². The van der Waals surface area contributed by atoms with Crippen LogP contribution in [0.15, 0.2) is 41.3 Å². The predicted octanol–water partition coefficient (Wildman–Crippen LogP) is 0.858. The van der Waals surface area contributed by atoms with E-state index in [1.807, 2.05) is 12.1 Å². The number of hydrogen-bond donors (Lipinski definition) is 3. The first-order valence-electron chi connectivity index (χ1n) is 14.5. The molecule has 2 saturated heterocycles. The summed E-state index contributed by atoms with van der Waals surface area (Å²) >= 11 is 0. The second-order valence-corrected chi connectivity index (χ2v) is 12.1. The first-order valence-corrected chi connectivity index (χ1v) is 14.5. The van der Waals surface area contributed by atoms with Crippen molar-refractivity contribution >= 4 is 17.8 Å². The van der Waals surface area contributed by atoms with E-state index in [1.165, 1.54) is 10.1 Å². The standard InChI is InChI=1S/C29H40N8O3/c1-19(36-17-23-22(16-30)24(23)18-36)15-20-3-5-21(6-4-20)37-10-7-25(33-28(37)40)32-27(39)35-13-11-34(12-14-35)26(38)29(31)8-2-9-29/h3-7,10,19,22-24H,2,8-9,11-18,30-31H2,1H3,(H,32,33,39,40)/t19?,22-,23-,24+. The molecule has 3 amide bonds. The van der Waals surface area contributed by atoms with Crippen molar-refractivity contribution in [2.75, 3.05) is 51.1 Å². The van der Waals surface area contributed by atoms with E-state index in [1.54, 1.807) is 22.1 Å². The smallest absolute Gasteiger partial charge is 0.338 e. The topological polar surface area (TPSA) is 143 Å². The SMILES string of the molecule is CC(Cc1ccc(-n2ccc(NC(=O)N3CCN(C(=O)C4(N)CCC4)CC3)nc2=O)cc1)N1C[C@@H]2[C@@H](CN)[C@@H]2C1. The first kappa shape index (κ1) is 26.9. The van der Waals surface area contributed by atoms with Crippen LogP contribution in [-0.2, 0) is 11.2 Å². The van der Waals surface area contributed by atoms with E-state index >= 15 is 0 Å². The van der Waals surface area contributed by atoms with Gasteiger partial charge in [-0.15, -0.1) is 0 Å². The Morgan fingerprint density at radius 3 is 2.27 bits per heavy atom. The fraction of sp³-hybridized carbons (Fsp3) is 0.586. The summed E-state index contributed by atoms with van der Waals surface area (Å²) in [5, 5.41) is 2.72. The molecule has 1 aromatic heterocycles. The summed E-state index contributed by atoms with van der Waals surface area (Å²) in [4.78, 5) is 48.2. The lowest BCUT2D eigenvalue weighted by Crippen LogP contribution is -2.63. The number of benzene rings is 1. The van der Waals surface area contributed by atoms with Crippen molar-refractivity contribution in [3.05, 3.63) is 52.6 Å². The number of nitrogens with one attached hydrogen (secondary N) is 1. The van der Waals surface area contributed by atoms with Gasteiger partial charge in [-0.25, -0.2) is 9.59 Å². The number of anilines is 1. The van der Waals surface area contributed by atoms with Gasteiger partial charge in [-0.2, -0.15) is 4.98 Å². The molecule has 11 heteroatoms. The van der Waals surface area contributed by atoms with Gasteiger partial charge in [0.1, 0.15) is 5.82 Å². The number of hydrogen-bond acceptors (Lipinski definition) is 7. The van der Waals surface area contributed by atoms with Crippen LogP contribution in [0.3, 0.4) is 0 Å². The Hall–Kier alpha value is -3.28. The van der Waals surface area contributed by atoms with Crippen molar-refractivity contribution in [3.63, 3.8) is 0 Å². The lowest BCUT2D eigenvalue weighted by molar-refractivity contribution is -0.141. The van der Waals surface area contributed by atoms with Crippen LogP contribution in [0, 0.1) is 17.8 Å². The largest absolute Gasteiger partial charge is 0.354 e. The second-order valence-electron chi connectivity index (χ2n) is 12.1. The van der Waals surface area contributed by atoms with Gasteiger partial charge in [0.25, 0.3) is 0 Å². The summed E-state index contributed by atoms with van der Waals surface area (Å²) in [5.41, 5.74) is 12.8. The van der Waals surface area contributed by atoms with E-state index < -0.39 is 11.2 Å². The van der Waals surface area contributed by atoms with Crippen LogP contribution >= 0.6 is 0 Å². The summed E-state index contributed by atoms with van der Waals surface area (Å²) in [7, 11) is 0. The molecule has 4 fully saturated rings. The van der Waals surface area contributed by atoms with Gasteiger partial charge in [0, 0.05) is 51.5 Å². The van der Waals surface area contributed by atoms with E-state index in [4.69, 9.17) is 11.5 Å². The average Bonchev–Trinajstić information content (AvgIpc) is 3.41. The highest BCUT2D eigenvalue weighted by Crippen LogP contribution is 2.51. The van der Waals surface area contributed by atoms with Crippen LogP contribution in [0.5, 0.6) is 0 Å². The third-order valence-corrected chi connectivity index (χ3v) is 9.61. The van der Waals surface area contributed by atoms with Crippen molar-refractivity contribution in [2.24, 2.45) is 29.2 Å². The molecule has 2 aromatic rings. The number of likely N-dealkylation sites (tertiary alicyclic amines) is 1. The minimum absolute atomic E-state index is 0.0180. The number of amides is 3. The number of rotatable bonds is 7. The normalized spacial score (nSPS) is 26.1. The number of carbonyl (C=O) groups excluding carboxylic acids is 2. The Morgan fingerprint density at radius 1 is 1.05 bits per heavy atom. The zero-order valence-electron chi connectivity index (χ0n) is 23.2. The second kappa shape index (κ2) is 10.6. The van der Waals surface area contributed by atoms with Crippen LogP contribution in [0.2, 0.25) is 0 Å². The summed E-state index contributed by atoms with van der Waals surface area (Å²) in [6.07, 6.45) is 5.02. The third-order valence-electron chi connectivity index (χ3n) is 9.61. The van der Waals surface area contributed by atoms with E-state index in [9.17, 15) is 14.4 Å². The predicted molar refractivity (Wildman–Crippen MR) is 152 cm³/mol. The number of urea groups is 1. The molecular formula is C29H40N8O3. The number of piperazine rings is 1. The zero-order chi connectivity index (χ0) is 28.0. The summed E-state index contributed by atoms with van der Waals surface area (Å²) in [6.45, 7) is 7.11. The molecule has 0 spiro atoms. The Balaban J connectivity index is 1.00. The number of fused-ring (bicyclic) bond motifs is 1. The number of piperidine rings is 1. The molecule has 0 radical (unpaired) electrons. The lowest BCUT2D eigenvalue weighted by atomic mass is 9.76. The quantitative estimate of drug-likeness (QED) is 0.466. The van der Waals surface area contributed by atoms with Crippen LogP contribution in [0.4, 0.5) is 10.6 Å². The molecule has 3 heterocycles. The maximum absolute atomic E-state index is 12.8. The van der Waals surface area contributed by atoms with Crippen molar-refractivity contribution < 1.29 is 9.59 Å². The number of aromatic nitrogens is 2. The fourth-order valence-corrected chi connectivity index (χ4v) is 6.71. The van der Waals surface area contributed by atoms with Gasteiger partial charge in [-0.05, 0) is 80.7 Å². The zero-order valence-corrected chi connectivity index (χ0v) is 23.2. The molecule has 6 rings (SSSR count). The fourth-order valence-electron chi connectivity index (χ4n) is 6.71. The maximum atomic E-state index is 12.8. The van der Waals surface area contributed by atoms with Gasteiger partial charge in [0.2, 0.25) is 5.91 Å². The van der Waals surface area contributed by atoms with Gasteiger partial charge in [0.15, 0.2) is 0 Å². The maximum Gasteiger partial charge on any atom is 0.354 e. The lowest BCUT2D eigenvalue weighted by Gasteiger charge is -2.43. The molecule has 2 aliphatic carbocycles. The van der Waals surface area contributed by atoms with E-state index in [0.717, 1.165) is 68.8 Å². The van der Waals surface area contributed by atoms with Crippen LogP contribution < -0.4 is 22.5 Å². The van der Waals surface area contributed by atoms with Crippen LogP contribution in [0.25, 0.3) is 5.69 Å². The molecule has 214 valence electrons. The molecule has 5 N–H and O–H groups in total. The van der Waals surface area contributed by atoms with Gasteiger partial charge >= 0.3 is 11.7 Å². The number of nitrogens with two attached hydrogens (primary N) is 2. The third kappa shape index (κ3) is 5.13. The summed E-state index contributed by atoms with van der Waals surface area (Å²) in [5.74, 6) is 2.50. The molecule has 2 aliphatic heterocycles. The molecule has 4 atom stereocenters. The summed E-state index contributed by atoms with van der Waals surface area (Å²) in [6, 6.07) is 9.75. The highest BCUT2D eigenvalue weighted by molar-refractivity contribution is 5.89. The van der Waals surface area contributed by atoms with Gasteiger partial charge < -0.3 is 21.3 Å². The van der Waals surface area contributed by atoms with Crippen molar-refractivity contribution in [3.8, 4) is 5.69 Å². The summed E-state index contributed by atoms with van der Waals surface area (Å²) < 4.78 is 1.47. The molecule has 4 aliphatic rings. The van der Waals surface area contributed by atoms with Crippen molar-refractivity contribution in [1.29, 1.82) is 0 Å². The van der Waals surface area contributed by atoms with E-state index in [2.05, 4.69) is 34.3 Å². The van der Waals surface area contributed by atoms with Gasteiger partial charge in [-0.1, -0.05) is 12.1 Å². The number of carbonyl (C=O) groups is 2.